The number of ketones is 1. The minimum atomic E-state index is -1.07. The molecule has 0 fully saturated rings. The number of rotatable bonds is 3. The second-order valence-electron chi connectivity index (χ2n) is 5.03. The number of carboxylic acid groups (broad SMARTS) is 1. The summed E-state index contributed by atoms with van der Waals surface area (Å²) in [6.07, 6.45) is 1.04. The zero-order valence-electron chi connectivity index (χ0n) is 11.6. The van der Waals surface area contributed by atoms with Gasteiger partial charge in [0, 0.05) is 12.6 Å². The highest BCUT2D eigenvalue weighted by Gasteiger charge is 2.37. The molecule has 0 saturated carbocycles. The quantitative estimate of drug-likeness (QED) is 0.674. The Bertz CT molecular complexity index is 658. The maximum atomic E-state index is 12.0. The van der Waals surface area contributed by atoms with E-state index >= 15 is 0 Å². The molecule has 1 aromatic carbocycles. The SMILES string of the molecule is CC(=CC(=O)O)CN1C(=O)C(=O)c2cc(C)cc(C)c21. The van der Waals surface area contributed by atoms with Gasteiger partial charge in [0.15, 0.2) is 0 Å². The Hall–Kier alpha value is -2.43. The van der Waals surface area contributed by atoms with Gasteiger partial charge in [-0.25, -0.2) is 4.79 Å². The minimum absolute atomic E-state index is 0.105. The predicted octanol–water partition coefficient (Wildman–Crippen LogP) is 1.86. The highest BCUT2D eigenvalue weighted by Crippen LogP contribution is 2.33. The van der Waals surface area contributed by atoms with Gasteiger partial charge in [0.1, 0.15) is 0 Å². The normalized spacial score (nSPS) is 14.8. The van der Waals surface area contributed by atoms with Crippen LogP contribution in [0, 0.1) is 13.8 Å². The number of carboxylic acids is 1. The summed E-state index contributed by atoms with van der Waals surface area (Å²) >= 11 is 0. The second kappa shape index (κ2) is 4.92. The van der Waals surface area contributed by atoms with Gasteiger partial charge < -0.3 is 10.0 Å². The molecule has 0 spiro atoms. The number of carbonyl (C=O) groups excluding carboxylic acids is 2. The maximum Gasteiger partial charge on any atom is 0.328 e. The number of hydrogen-bond donors (Lipinski definition) is 1. The van der Waals surface area contributed by atoms with Crippen LogP contribution < -0.4 is 4.90 Å². The lowest BCUT2D eigenvalue weighted by molar-refractivity contribution is -0.131. The molecule has 2 rings (SSSR count). The Balaban J connectivity index is 2.46. The fourth-order valence-corrected chi connectivity index (χ4v) is 2.49. The van der Waals surface area contributed by atoms with E-state index < -0.39 is 17.7 Å². The number of carbonyl (C=O) groups is 3. The molecule has 1 aliphatic rings. The molecule has 0 bridgehead atoms. The van der Waals surface area contributed by atoms with Crippen LogP contribution in [0.1, 0.15) is 28.4 Å². The fourth-order valence-electron chi connectivity index (χ4n) is 2.49. The van der Waals surface area contributed by atoms with Gasteiger partial charge >= 0.3 is 5.97 Å². The molecule has 1 aliphatic heterocycles. The lowest BCUT2D eigenvalue weighted by Gasteiger charge is -2.19. The van der Waals surface area contributed by atoms with Gasteiger partial charge in [-0.05, 0) is 43.5 Å². The molecular weight excluding hydrogens is 258 g/mol. The van der Waals surface area contributed by atoms with Crippen molar-refractivity contribution in [3.63, 3.8) is 0 Å². The first-order valence-electron chi connectivity index (χ1n) is 6.19. The Kier molecular flexibility index (Phi) is 3.44. The molecule has 20 heavy (non-hydrogen) atoms. The standard InChI is InChI=1S/C15H15NO4/c1-8-4-10(3)13-11(5-8)14(19)15(20)16(13)7-9(2)6-12(17)18/h4-6H,7H2,1-3H3,(H,17,18). The molecule has 0 unspecified atom stereocenters. The Labute approximate surface area is 116 Å². The molecule has 5 heteroatoms. The average molecular weight is 273 g/mol. The van der Waals surface area contributed by atoms with E-state index in [0.717, 1.165) is 17.2 Å². The van der Waals surface area contributed by atoms with Crippen molar-refractivity contribution in [2.45, 2.75) is 20.8 Å². The molecule has 1 amide bonds. The van der Waals surface area contributed by atoms with Crippen molar-refractivity contribution in [1.82, 2.24) is 0 Å². The van der Waals surface area contributed by atoms with E-state index in [1.807, 2.05) is 19.9 Å². The lowest BCUT2D eigenvalue weighted by atomic mass is 10.0. The van der Waals surface area contributed by atoms with Crippen LogP contribution in [0.5, 0.6) is 0 Å². The zero-order valence-corrected chi connectivity index (χ0v) is 11.6. The first kappa shape index (κ1) is 14.0. The number of aryl methyl sites for hydroxylation is 2. The summed E-state index contributed by atoms with van der Waals surface area (Å²) in [5.74, 6) is -2.21. The largest absolute Gasteiger partial charge is 0.478 e. The third-order valence-electron chi connectivity index (χ3n) is 3.18. The number of hydrogen-bond acceptors (Lipinski definition) is 3. The van der Waals surface area contributed by atoms with E-state index in [2.05, 4.69) is 0 Å². The van der Waals surface area contributed by atoms with Gasteiger partial charge in [0.2, 0.25) is 0 Å². The van der Waals surface area contributed by atoms with Gasteiger partial charge in [0.25, 0.3) is 11.7 Å². The maximum absolute atomic E-state index is 12.0. The fraction of sp³-hybridized carbons (Fsp3) is 0.267. The Morgan fingerprint density at radius 2 is 1.95 bits per heavy atom. The van der Waals surface area contributed by atoms with Crippen LogP contribution in [0.2, 0.25) is 0 Å². The third-order valence-corrected chi connectivity index (χ3v) is 3.18. The van der Waals surface area contributed by atoms with Gasteiger partial charge in [0.05, 0.1) is 11.3 Å². The zero-order chi connectivity index (χ0) is 15.0. The van der Waals surface area contributed by atoms with Crippen molar-refractivity contribution >= 4 is 23.3 Å². The molecule has 0 saturated heterocycles. The van der Waals surface area contributed by atoms with E-state index in [9.17, 15) is 14.4 Å². The number of anilines is 1. The molecule has 5 nitrogen and oxygen atoms in total. The first-order valence-corrected chi connectivity index (χ1v) is 6.19. The molecule has 1 aromatic rings. The summed E-state index contributed by atoms with van der Waals surface area (Å²) in [7, 11) is 0. The summed E-state index contributed by atoms with van der Waals surface area (Å²) in [5.41, 5.74) is 3.25. The molecule has 0 aromatic heterocycles. The van der Waals surface area contributed by atoms with Crippen molar-refractivity contribution < 1.29 is 19.5 Å². The van der Waals surface area contributed by atoms with E-state index in [1.54, 1.807) is 13.0 Å². The monoisotopic (exact) mass is 273 g/mol. The minimum Gasteiger partial charge on any atom is -0.478 e. The summed E-state index contributed by atoms with van der Waals surface area (Å²) in [5, 5.41) is 8.72. The van der Waals surface area contributed by atoms with Crippen LogP contribution in [-0.4, -0.2) is 29.3 Å². The van der Waals surface area contributed by atoms with Crippen LogP contribution in [0.4, 0.5) is 5.69 Å². The van der Waals surface area contributed by atoms with Crippen molar-refractivity contribution in [2.75, 3.05) is 11.4 Å². The predicted molar refractivity (Wildman–Crippen MR) is 74.0 cm³/mol. The Morgan fingerprint density at radius 3 is 2.55 bits per heavy atom. The summed E-state index contributed by atoms with van der Waals surface area (Å²) in [6, 6.07) is 3.59. The van der Waals surface area contributed by atoms with E-state index in [4.69, 9.17) is 5.11 Å². The molecule has 1 heterocycles. The van der Waals surface area contributed by atoms with Gasteiger partial charge in [-0.1, -0.05) is 6.07 Å². The highest BCUT2D eigenvalue weighted by atomic mass is 16.4. The Morgan fingerprint density at radius 1 is 1.30 bits per heavy atom. The molecule has 1 N–H and O–H groups in total. The molecule has 0 atom stereocenters. The smallest absolute Gasteiger partial charge is 0.328 e. The van der Waals surface area contributed by atoms with E-state index in [1.165, 1.54) is 4.90 Å². The van der Waals surface area contributed by atoms with Crippen molar-refractivity contribution in [1.29, 1.82) is 0 Å². The second-order valence-corrected chi connectivity index (χ2v) is 5.03. The van der Waals surface area contributed by atoms with Crippen LogP contribution in [0.15, 0.2) is 23.8 Å². The van der Waals surface area contributed by atoms with Gasteiger partial charge in [-0.3, -0.25) is 9.59 Å². The highest BCUT2D eigenvalue weighted by molar-refractivity contribution is 6.52. The summed E-state index contributed by atoms with van der Waals surface area (Å²) in [4.78, 5) is 36.0. The number of fused-ring (bicyclic) bond motifs is 1. The summed E-state index contributed by atoms with van der Waals surface area (Å²) < 4.78 is 0. The number of aliphatic carboxylic acids is 1. The number of nitrogens with zero attached hydrogens (tertiary/aromatic N) is 1. The average Bonchev–Trinajstić information content (AvgIpc) is 2.53. The number of amides is 1. The van der Waals surface area contributed by atoms with Crippen LogP contribution in [0.3, 0.4) is 0 Å². The van der Waals surface area contributed by atoms with Crippen LogP contribution in [-0.2, 0) is 9.59 Å². The van der Waals surface area contributed by atoms with Crippen molar-refractivity contribution in [2.24, 2.45) is 0 Å². The molecule has 0 aliphatic carbocycles. The number of benzene rings is 1. The first-order chi connectivity index (χ1) is 9.31. The van der Waals surface area contributed by atoms with Gasteiger partial charge in [-0.15, -0.1) is 0 Å². The van der Waals surface area contributed by atoms with Gasteiger partial charge in [-0.2, -0.15) is 0 Å². The third kappa shape index (κ3) is 2.34. The molecule has 104 valence electrons. The van der Waals surface area contributed by atoms with Crippen LogP contribution in [0.25, 0.3) is 0 Å². The number of Topliss-reactive ketones (excluding diaryl/α,β-unsaturated/α-hetero) is 1. The van der Waals surface area contributed by atoms with E-state index in [-0.39, 0.29) is 6.54 Å². The molecular formula is C15H15NO4. The lowest BCUT2D eigenvalue weighted by Crippen LogP contribution is -2.31. The van der Waals surface area contributed by atoms with Crippen molar-refractivity contribution in [3.8, 4) is 0 Å². The van der Waals surface area contributed by atoms with Crippen molar-refractivity contribution in [3.05, 3.63) is 40.5 Å². The van der Waals surface area contributed by atoms with E-state index in [0.29, 0.717) is 16.8 Å². The molecule has 0 radical (unpaired) electrons. The summed E-state index contributed by atoms with van der Waals surface area (Å²) in [6.45, 7) is 5.42. The van der Waals surface area contributed by atoms with Crippen LogP contribution >= 0.6 is 0 Å². The topological polar surface area (TPSA) is 74.7 Å².